The van der Waals surface area contributed by atoms with Crippen molar-refractivity contribution in [3.63, 3.8) is 0 Å². The zero-order valence-electron chi connectivity index (χ0n) is 16.2. The fourth-order valence-electron chi connectivity index (χ4n) is 2.27. The quantitative estimate of drug-likeness (QED) is 0.628. The lowest BCUT2D eigenvalue weighted by Crippen LogP contribution is -2.33. The number of nitrogens with one attached hydrogen (secondary N) is 2. The Morgan fingerprint density at radius 1 is 1.14 bits per heavy atom. The number of anilines is 1. The van der Waals surface area contributed by atoms with Gasteiger partial charge in [0.25, 0.3) is 5.91 Å². The summed E-state index contributed by atoms with van der Waals surface area (Å²) in [6.45, 7) is 5.71. The summed E-state index contributed by atoms with van der Waals surface area (Å²) in [5.74, 6) is -0.752. The molecule has 0 aliphatic carbocycles. The van der Waals surface area contributed by atoms with Crippen LogP contribution in [0.3, 0.4) is 0 Å². The van der Waals surface area contributed by atoms with E-state index in [1.165, 1.54) is 10.7 Å². The molecule has 2 rings (SSSR count). The molecule has 0 bridgehead atoms. The van der Waals surface area contributed by atoms with E-state index in [9.17, 15) is 14.4 Å². The number of ether oxygens (including phenoxy) is 1. The number of benzene rings is 1. The second kappa shape index (κ2) is 9.03. The first kappa shape index (κ1) is 20.9. The number of alkyl carbamates (subject to hydrolysis) is 1. The molecule has 0 saturated carbocycles. The number of carbonyl (C=O) groups is 3. The van der Waals surface area contributed by atoms with Gasteiger partial charge in [0, 0.05) is 24.8 Å². The molecule has 9 heteroatoms. The van der Waals surface area contributed by atoms with Crippen LogP contribution in [0.5, 0.6) is 0 Å². The smallest absolute Gasteiger partial charge is 0.407 e. The Morgan fingerprint density at radius 2 is 1.82 bits per heavy atom. The van der Waals surface area contributed by atoms with Gasteiger partial charge in [-0.05, 0) is 57.5 Å². The van der Waals surface area contributed by atoms with Crippen molar-refractivity contribution in [2.45, 2.75) is 39.2 Å². The minimum atomic E-state index is -0.594. The largest absolute Gasteiger partial charge is 0.444 e. The van der Waals surface area contributed by atoms with Crippen LogP contribution in [0.2, 0.25) is 0 Å². The van der Waals surface area contributed by atoms with Crippen LogP contribution in [-0.4, -0.2) is 39.8 Å². The Hall–Kier alpha value is -3.36. The highest BCUT2D eigenvalue weighted by Gasteiger charge is 2.15. The van der Waals surface area contributed by atoms with Crippen molar-refractivity contribution < 1.29 is 19.1 Å². The molecule has 0 aliphatic heterocycles. The maximum atomic E-state index is 12.0. The molecule has 3 amide bonds. The summed E-state index contributed by atoms with van der Waals surface area (Å²) in [5.41, 5.74) is 6.18. The summed E-state index contributed by atoms with van der Waals surface area (Å²) in [6, 6.07) is 8.52. The van der Waals surface area contributed by atoms with E-state index in [1.807, 2.05) is 0 Å². The summed E-state index contributed by atoms with van der Waals surface area (Å²) in [5, 5.41) is 9.46. The van der Waals surface area contributed by atoms with E-state index < -0.39 is 17.6 Å². The molecule has 28 heavy (non-hydrogen) atoms. The summed E-state index contributed by atoms with van der Waals surface area (Å²) in [4.78, 5) is 34.6. The van der Waals surface area contributed by atoms with Gasteiger partial charge >= 0.3 is 6.09 Å². The Morgan fingerprint density at radius 3 is 2.39 bits per heavy atom. The highest BCUT2D eigenvalue weighted by molar-refractivity contribution is 5.91. The Bertz CT molecular complexity index is 837. The number of rotatable bonds is 7. The van der Waals surface area contributed by atoms with Gasteiger partial charge in [0.15, 0.2) is 0 Å². The third-order valence-electron chi connectivity index (χ3n) is 3.51. The van der Waals surface area contributed by atoms with Crippen molar-refractivity contribution in [1.29, 1.82) is 0 Å². The first-order chi connectivity index (χ1) is 13.1. The summed E-state index contributed by atoms with van der Waals surface area (Å²) in [7, 11) is 0. The number of nitrogens with two attached hydrogens (primary N) is 1. The van der Waals surface area contributed by atoms with Crippen molar-refractivity contribution in [1.82, 2.24) is 15.1 Å². The molecule has 0 atom stereocenters. The van der Waals surface area contributed by atoms with E-state index in [1.54, 1.807) is 51.2 Å². The summed E-state index contributed by atoms with van der Waals surface area (Å²) < 4.78 is 6.64. The zero-order valence-corrected chi connectivity index (χ0v) is 16.2. The molecule has 0 aliphatic rings. The van der Waals surface area contributed by atoms with E-state index in [0.717, 1.165) is 5.69 Å². The van der Waals surface area contributed by atoms with E-state index >= 15 is 0 Å². The van der Waals surface area contributed by atoms with E-state index in [2.05, 4.69) is 15.7 Å². The minimum absolute atomic E-state index is 0.158. The number of nitrogens with zero attached hydrogens (tertiary/aromatic N) is 2. The Labute approximate surface area is 163 Å². The maximum Gasteiger partial charge on any atom is 0.407 e. The van der Waals surface area contributed by atoms with Crippen molar-refractivity contribution >= 4 is 23.6 Å². The van der Waals surface area contributed by atoms with Crippen LogP contribution in [0.15, 0.2) is 36.5 Å². The number of hydrogen-bond donors (Lipinski definition) is 3. The van der Waals surface area contributed by atoms with Gasteiger partial charge in [-0.25, -0.2) is 9.48 Å². The summed E-state index contributed by atoms with van der Waals surface area (Å²) in [6.07, 6.45) is 1.89. The van der Waals surface area contributed by atoms with Crippen molar-refractivity contribution in [3.05, 3.63) is 42.2 Å². The number of aromatic nitrogens is 2. The molecule has 150 valence electrons. The van der Waals surface area contributed by atoms with Crippen molar-refractivity contribution in [3.8, 4) is 5.69 Å². The Kier molecular flexibility index (Phi) is 6.75. The van der Waals surface area contributed by atoms with Gasteiger partial charge in [0.05, 0.1) is 5.69 Å². The molecule has 1 heterocycles. The second-order valence-electron chi connectivity index (χ2n) is 7.14. The van der Waals surface area contributed by atoms with Crippen LogP contribution in [0.25, 0.3) is 5.69 Å². The molecule has 1 aromatic carbocycles. The minimum Gasteiger partial charge on any atom is -0.444 e. The maximum absolute atomic E-state index is 12.0. The van der Waals surface area contributed by atoms with Crippen LogP contribution in [-0.2, 0) is 9.53 Å². The van der Waals surface area contributed by atoms with Gasteiger partial charge in [0.1, 0.15) is 11.3 Å². The van der Waals surface area contributed by atoms with Gasteiger partial charge in [-0.1, -0.05) is 0 Å². The molecule has 0 radical (unpaired) electrons. The van der Waals surface area contributed by atoms with Gasteiger partial charge in [0.2, 0.25) is 5.91 Å². The van der Waals surface area contributed by atoms with E-state index in [-0.39, 0.29) is 18.0 Å². The third kappa shape index (κ3) is 6.75. The van der Waals surface area contributed by atoms with Gasteiger partial charge < -0.3 is 21.1 Å². The molecule has 9 nitrogen and oxygen atoms in total. The molecular formula is C19H25N5O4. The highest BCUT2D eigenvalue weighted by Crippen LogP contribution is 2.14. The van der Waals surface area contributed by atoms with Gasteiger partial charge in [-0.15, -0.1) is 0 Å². The van der Waals surface area contributed by atoms with Crippen LogP contribution in [0, 0.1) is 0 Å². The molecule has 0 spiro atoms. The normalized spacial score (nSPS) is 11.0. The predicted octanol–water partition coefficient (Wildman–Crippen LogP) is 2.21. The standard InChI is InChI=1S/C19H25N5O4/c1-19(2,3)28-18(27)21-11-4-5-16(25)22-13-6-8-14(9-7-13)24-12-10-15(23-24)17(20)26/h6-10,12H,4-5,11H2,1-3H3,(H2,20,26)(H,21,27)(H,22,25). The summed E-state index contributed by atoms with van der Waals surface area (Å²) >= 11 is 0. The van der Waals surface area contributed by atoms with Crippen molar-refractivity contribution in [2.24, 2.45) is 5.73 Å². The van der Waals surface area contributed by atoms with Crippen LogP contribution < -0.4 is 16.4 Å². The molecular weight excluding hydrogens is 362 g/mol. The average molecular weight is 387 g/mol. The Balaban J connectivity index is 1.76. The lowest BCUT2D eigenvalue weighted by atomic mass is 10.2. The molecule has 0 unspecified atom stereocenters. The lowest BCUT2D eigenvalue weighted by Gasteiger charge is -2.19. The van der Waals surface area contributed by atoms with E-state index in [4.69, 9.17) is 10.5 Å². The SMILES string of the molecule is CC(C)(C)OC(=O)NCCCC(=O)Nc1ccc(-n2ccc(C(N)=O)n2)cc1. The predicted molar refractivity (Wildman–Crippen MR) is 104 cm³/mol. The first-order valence-corrected chi connectivity index (χ1v) is 8.87. The third-order valence-corrected chi connectivity index (χ3v) is 3.51. The second-order valence-corrected chi connectivity index (χ2v) is 7.14. The van der Waals surface area contributed by atoms with Crippen LogP contribution in [0.4, 0.5) is 10.5 Å². The van der Waals surface area contributed by atoms with Crippen molar-refractivity contribution in [2.75, 3.05) is 11.9 Å². The highest BCUT2D eigenvalue weighted by atomic mass is 16.6. The fourth-order valence-corrected chi connectivity index (χ4v) is 2.27. The molecule has 1 aromatic heterocycles. The van der Waals surface area contributed by atoms with Crippen LogP contribution >= 0.6 is 0 Å². The number of amides is 3. The zero-order chi connectivity index (χ0) is 20.7. The average Bonchev–Trinajstić information content (AvgIpc) is 3.08. The van der Waals surface area contributed by atoms with Gasteiger partial charge in [-0.2, -0.15) is 5.10 Å². The van der Waals surface area contributed by atoms with Crippen LogP contribution in [0.1, 0.15) is 44.1 Å². The molecule has 0 saturated heterocycles. The molecule has 4 N–H and O–H groups in total. The number of hydrogen-bond acceptors (Lipinski definition) is 5. The monoisotopic (exact) mass is 387 g/mol. The first-order valence-electron chi connectivity index (χ1n) is 8.87. The molecule has 2 aromatic rings. The van der Waals surface area contributed by atoms with Gasteiger partial charge in [-0.3, -0.25) is 9.59 Å². The topological polar surface area (TPSA) is 128 Å². The van der Waals surface area contributed by atoms with E-state index in [0.29, 0.717) is 18.7 Å². The molecule has 0 fully saturated rings. The number of carbonyl (C=O) groups excluding carboxylic acids is 3. The fraction of sp³-hybridized carbons (Fsp3) is 0.368. The lowest BCUT2D eigenvalue weighted by molar-refractivity contribution is -0.116. The number of primary amides is 1.